The Morgan fingerprint density at radius 3 is 2.76 bits per heavy atom. The molecule has 3 rings (SSSR count). The Morgan fingerprint density at radius 2 is 2.04 bits per heavy atom. The minimum absolute atomic E-state index is 0.255. The fourth-order valence-electron chi connectivity index (χ4n) is 2.15. The van der Waals surface area contributed by atoms with Gasteiger partial charge >= 0.3 is 0 Å². The molecule has 0 aliphatic heterocycles. The number of sulfonamides is 1. The van der Waals surface area contributed by atoms with Gasteiger partial charge in [-0.15, -0.1) is 11.3 Å². The maximum atomic E-state index is 12.0. The molecule has 0 unspecified atom stereocenters. The van der Waals surface area contributed by atoms with Crippen LogP contribution >= 0.6 is 11.3 Å². The molecule has 0 spiro atoms. The van der Waals surface area contributed by atoms with Crippen LogP contribution in [0.25, 0.3) is 11.4 Å². The number of pyridine rings is 1. The lowest BCUT2D eigenvalue weighted by Crippen LogP contribution is -2.28. The van der Waals surface area contributed by atoms with E-state index in [1.54, 1.807) is 29.9 Å². The third-order valence-corrected chi connectivity index (χ3v) is 6.12. The highest BCUT2D eigenvalue weighted by Gasteiger charge is 2.13. The summed E-state index contributed by atoms with van der Waals surface area (Å²) in [4.78, 5) is 12.9. The summed E-state index contributed by atoms with van der Waals surface area (Å²) in [5, 5.41) is 4.85. The lowest BCUT2D eigenvalue weighted by atomic mass is 10.2. The molecule has 0 saturated carbocycles. The highest BCUT2D eigenvalue weighted by Crippen LogP contribution is 2.17. The van der Waals surface area contributed by atoms with Gasteiger partial charge in [-0.1, -0.05) is 6.07 Å². The van der Waals surface area contributed by atoms with E-state index in [0.29, 0.717) is 22.4 Å². The van der Waals surface area contributed by atoms with Crippen molar-refractivity contribution in [2.75, 3.05) is 18.4 Å². The predicted molar refractivity (Wildman–Crippen MR) is 98.0 cm³/mol. The number of hydrogen-bond acceptors (Lipinski definition) is 7. The summed E-state index contributed by atoms with van der Waals surface area (Å²) < 4.78 is 26.9. The molecule has 0 atom stereocenters. The van der Waals surface area contributed by atoms with Gasteiger partial charge in [-0.05, 0) is 30.5 Å². The Kier molecular flexibility index (Phi) is 5.37. The maximum absolute atomic E-state index is 12.0. The Labute approximate surface area is 150 Å². The number of hydrogen-bond donors (Lipinski definition) is 2. The topological polar surface area (TPSA) is 96.9 Å². The number of rotatable bonds is 7. The van der Waals surface area contributed by atoms with E-state index in [1.807, 2.05) is 25.1 Å². The maximum Gasteiger partial charge on any atom is 0.250 e. The molecule has 3 aromatic heterocycles. The van der Waals surface area contributed by atoms with Crippen LogP contribution in [0.3, 0.4) is 0 Å². The molecule has 0 fully saturated rings. The van der Waals surface area contributed by atoms with Crippen molar-refractivity contribution in [3.8, 4) is 11.4 Å². The van der Waals surface area contributed by atoms with Gasteiger partial charge in [0.25, 0.3) is 0 Å². The first-order chi connectivity index (χ1) is 12.0. The smallest absolute Gasteiger partial charge is 0.250 e. The van der Waals surface area contributed by atoms with E-state index in [-0.39, 0.29) is 6.54 Å². The van der Waals surface area contributed by atoms with Gasteiger partial charge < -0.3 is 5.32 Å². The molecule has 0 radical (unpaired) electrons. The molecule has 3 heterocycles. The van der Waals surface area contributed by atoms with Crippen LogP contribution < -0.4 is 10.0 Å². The van der Waals surface area contributed by atoms with E-state index >= 15 is 0 Å². The van der Waals surface area contributed by atoms with Crippen molar-refractivity contribution in [1.82, 2.24) is 19.7 Å². The van der Waals surface area contributed by atoms with Gasteiger partial charge in [-0.25, -0.2) is 23.1 Å². The second-order valence-corrected chi connectivity index (χ2v) is 8.16. The van der Waals surface area contributed by atoms with Crippen LogP contribution in [0.5, 0.6) is 0 Å². The molecule has 2 N–H and O–H groups in total. The minimum atomic E-state index is -3.44. The van der Waals surface area contributed by atoms with E-state index in [1.165, 1.54) is 11.3 Å². The molecule has 9 heteroatoms. The molecule has 25 heavy (non-hydrogen) atoms. The Hall–Kier alpha value is -2.36. The summed E-state index contributed by atoms with van der Waals surface area (Å²) in [6.45, 7) is 2.55. The lowest BCUT2D eigenvalue weighted by Gasteiger charge is -2.09. The normalized spacial score (nSPS) is 11.4. The van der Waals surface area contributed by atoms with Crippen molar-refractivity contribution < 1.29 is 8.42 Å². The third-order valence-electron chi connectivity index (χ3n) is 3.26. The van der Waals surface area contributed by atoms with Crippen molar-refractivity contribution in [3.63, 3.8) is 0 Å². The third kappa shape index (κ3) is 4.59. The number of aromatic nitrogens is 3. The molecule has 0 aliphatic carbocycles. The van der Waals surface area contributed by atoms with E-state index in [9.17, 15) is 8.42 Å². The fourth-order valence-corrected chi connectivity index (χ4v) is 4.22. The molecule has 0 saturated heterocycles. The fraction of sp³-hybridized carbons (Fsp3) is 0.188. The summed E-state index contributed by atoms with van der Waals surface area (Å²) in [7, 11) is -3.44. The highest BCUT2D eigenvalue weighted by molar-refractivity contribution is 7.91. The molecule has 130 valence electrons. The Bertz CT molecular complexity index is 928. The zero-order chi connectivity index (χ0) is 17.7. The molecule has 3 aromatic rings. The van der Waals surface area contributed by atoms with Gasteiger partial charge in [0.2, 0.25) is 10.0 Å². The molecule has 0 aromatic carbocycles. The first kappa shape index (κ1) is 17.5. The number of nitrogens with one attached hydrogen (secondary N) is 2. The van der Waals surface area contributed by atoms with Gasteiger partial charge in [0.1, 0.15) is 10.0 Å². The van der Waals surface area contributed by atoms with Crippen molar-refractivity contribution >= 4 is 27.2 Å². The molecule has 0 bridgehead atoms. The monoisotopic (exact) mass is 375 g/mol. The summed E-state index contributed by atoms with van der Waals surface area (Å²) in [5.41, 5.74) is 1.64. The van der Waals surface area contributed by atoms with Crippen LogP contribution in [0, 0.1) is 6.92 Å². The first-order valence-electron chi connectivity index (χ1n) is 7.58. The van der Waals surface area contributed by atoms with Crippen LogP contribution in [0.15, 0.2) is 52.3 Å². The minimum Gasteiger partial charge on any atom is -0.369 e. The molecule has 0 amide bonds. The summed E-state index contributed by atoms with van der Waals surface area (Å²) in [5.74, 6) is 1.22. The van der Waals surface area contributed by atoms with Gasteiger partial charge in [-0.2, -0.15) is 0 Å². The number of nitrogens with zero attached hydrogens (tertiary/aromatic N) is 3. The van der Waals surface area contributed by atoms with E-state index in [0.717, 1.165) is 11.3 Å². The number of anilines is 1. The van der Waals surface area contributed by atoms with Crippen molar-refractivity contribution in [2.24, 2.45) is 0 Å². The largest absolute Gasteiger partial charge is 0.369 e. The second-order valence-electron chi connectivity index (χ2n) is 5.22. The second kappa shape index (κ2) is 7.68. The predicted octanol–water partition coefficient (Wildman–Crippen LogP) is 2.30. The SMILES string of the molecule is Cc1cc(NCCNS(=O)(=O)c2cccs2)nc(-c2cccnc2)n1. The Morgan fingerprint density at radius 1 is 1.16 bits per heavy atom. The van der Waals surface area contributed by atoms with Gasteiger partial charge in [0.15, 0.2) is 5.82 Å². The van der Waals surface area contributed by atoms with E-state index in [4.69, 9.17) is 0 Å². The van der Waals surface area contributed by atoms with Crippen LogP contribution in [-0.2, 0) is 10.0 Å². The van der Waals surface area contributed by atoms with Crippen molar-refractivity contribution in [3.05, 3.63) is 53.8 Å². The average Bonchev–Trinajstić information content (AvgIpc) is 3.15. The van der Waals surface area contributed by atoms with Gasteiger partial charge in [0, 0.05) is 42.8 Å². The highest BCUT2D eigenvalue weighted by atomic mass is 32.2. The summed E-state index contributed by atoms with van der Waals surface area (Å²) in [6, 6.07) is 8.82. The lowest BCUT2D eigenvalue weighted by molar-refractivity contribution is 0.585. The van der Waals surface area contributed by atoms with Gasteiger partial charge in [-0.3, -0.25) is 4.98 Å². The molecular formula is C16H17N5O2S2. The van der Waals surface area contributed by atoms with Crippen molar-refractivity contribution in [2.45, 2.75) is 11.1 Å². The van der Waals surface area contributed by atoms with Crippen LogP contribution in [0.2, 0.25) is 0 Å². The standard InChI is InChI=1S/C16H17N5O2S2/c1-12-10-14(21-16(20-12)13-4-2-6-17-11-13)18-7-8-19-25(22,23)15-5-3-9-24-15/h2-6,9-11,19H,7-8H2,1H3,(H,18,20,21). The van der Waals surface area contributed by atoms with Crippen molar-refractivity contribution in [1.29, 1.82) is 0 Å². The van der Waals surface area contributed by atoms with E-state index < -0.39 is 10.0 Å². The first-order valence-corrected chi connectivity index (χ1v) is 9.94. The summed E-state index contributed by atoms with van der Waals surface area (Å²) >= 11 is 1.19. The van der Waals surface area contributed by atoms with Crippen LogP contribution in [-0.4, -0.2) is 36.5 Å². The van der Waals surface area contributed by atoms with Crippen LogP contribution in [0.4, 0.5) is 5.82 Å². The quantitative estimate of drug-likeness (QED) is 0.615. The zero-order valence-corrected chi connectivity index (χ0v) is 15.1. The van der Waals surface area contributed by atoms with Gasteiger partial charge in [0.05, 0.1) is 0 Å². The number of thiophene rings is 1. The summed E-state index contributed by atoms with van der Waals surface area (Å²) in [6.07, 6.45) is 3.39. The molecular weight excluding hydrogens is 358 g/mol. The number of aryl methyl sites for hydroxylation is 1. The molecule has 0 aliphatic rings. The zero-order valence-electron chi connectivity index (χ0n) is 13.5. The van der Waals surface area contributed by atoms with E-state index in [2.05, 4.69) is 25.0 Å². The van der Waals surface area contributed by atoms with Crippen LogP contribution in [0.1, 0.15) is 5.69 Å². The molecule has 7 nitrogen and oxygen atoms in total. The Balaban J connectivity index is 1.61. The average molecular weight is 375 g/mol.